The molecule has 0 unspecified atom stereocenters. The number of carbonyl (C=O) groups is 1. The Morgan fingerprint density at radius 2 is 1.77 bits per heavy atom. The number of nitrogens with one attached hydrogen (secondary N) is 2. The maximum atomic E-state index is 11.8. The summed E-state index contributed by atoms with van der Waals surface area (Å²) in [7, 11) is 0. The summed E-state index contributed by atoms with van der Waals surface area (Å²) in [6, 6.07) is 12.6. The molecule has 0 saturated carbocycles. The van der Waals surface area contributed by atoms with E-state index in [1.807, 2.05) is 24.3 Å². The van der Waals surface area contributed by atoms with Gasteiger partial charge in [0.1, 0.15) is 0 Å². The predicted molar refractivity (Wildman–Crippen MR) is 93.1 cm³/mol. The van der Waals surface area contributed by atoms with E-state index in [2.05, 4.69) is 10.6 Å². The zero-order valence-corrected chi connectivity index (χ0v) is 14.0. The monoisotopic (exact) mass is 356 g/mol. The Balaban J connectivity index is 1.75. The van der Waals surface area contributed by atoms with Crippen LogP contribution in [-0.4, -0.2) is 19.0 Å². The average Bonchev–Trinajstić information content (AvgIpc) is 2.49. The van der Waals surface area contributed by atoms with Gasteiger partial charge in [0.05, 0.1) is 17.3 Å². The second kappa shape index (κ2) is 8.28. The average molecular weight is 358 g/mol. The third-order valence-electron chi connectivity index (χ3n) is 3.04. The summed E-state index contributed by atoms with van der Waals surface area (Å²) in [6.45, 7) is 0.669. The lowest BCUT2D eigenvalue weighted by atomic mass is 10.1. The lowest BCUT2D eigenvalue weighted by Crippen LogP contribution is -2.31. The lowest BCUT2D eigenvalue weighted by Gasteiger charge is -2.09. The molecule has 6 heteroatoms. The van der Waals surface area contributed by atoms with E-state index in [9.17, 15) is 4.79 Å². The first-order chi connectivity index (χ1) is 10.6. The first kappa shape index (κ1) is 16.9. The Morgan fingerprint density at radius 3 is 2.50 bits per heavy atom. The minimum absolute atomic E-state index is 0.106. The molecule has 0 aliphatic carbocycles. The zero-order chi connectivity index (χ0) is 15.9. The highest BCUT2D eigenvalue weighted by molar-refractivity contribution is 6.35. The standard InChI is InChI=1S/C16H15Cl3N2O/c17-12-6-5-11(14(19)9-12)7-8-20-16(22)10-21-15-4-2-1-3-13(15)18/h1-6,9,21H,7-8,10H2,(H,20,22). The van der Waals surface area contributed by atoms with Gasteiger partial charge in [0.15, 0.2) is 0 Å². The van der Waals surface area contributed by atoms with Crippen molar-refractivity contribution in [3.63, 3.8) is 0 Å². The van der Waals surface area contributed by atoms with Gasteiger partial charge in [-0.3, -0.25) is 4.79 Å². The van der Waals surface area contributed by atoms with E-state index in [0.717, 1.165) is 11.3 Å². The number of hydrogen-bond donors (Lipinski definition) is 2. The van der Waals surface area contributed by atoms with Gasteiger partial charge >= 0.3 is 0 Å². The van der Waals surface area contributed by atoms with Crippen LogP contribution >= 0.6 is 34.8 Å². The lowest BCUT2D eigenvalue weighted by molar-refractivity contribution is -0.119. The Bertz CT molecular complexity index is 662. The zero-order valence-electron chi connectivity index (χ0n) is 11.7. The number of rotatable bonds is 6. The topological polar surface area (TPSA) is 41.1 Å². The van der Waals surface area contributed by atoms with Gasteiger partial charge in [0.2, 0.25) is 5.91 Å². The van der Waals surface area contributed by atoms with Crippen molar-refractivity contribution in [2.45, 2.75) is 6.42 Å². The van der Waals surface area contributed by atoms with Crippen molar-refractivity contribution >= 4 is 46.4 Å². The largest absolute Gasteiger partial charge is 0.375 e. The molecular formula is C16H15Cl3N2O. The molecule has 0 saturated heterocycles. The van der Waals surface area contributed by atoms with Crippen LogP contribution in [0, 0.1) is 0 Å². The Morgan fingerprint density at radius 1 is 1.00 bits per heavy atom. The van der Waals surface area contributed by atoms with Crippen molar-refractivity contribution in [2.24, 2.45) is 0 Å². The molecule has 2 aromatic rings. The smallest absolute Gasteiger partial charge is 0.239 e. The molecule has 3 nitrogen and oxygen atoms in total. The van der Waals surface area contributed by atoms with Crippen molar-refractivity contribution in [2.75, 3.05) is 18.4 Å². The molecule has 0 aliphatic rings. The van der Waals surface area contributed by atoms with Crippen LogP contribution < -0.4 is 10.6 Å². The fourth-order valence-electron chi connectivity index (χ4n) is 1.90. The number of anilines is 1. The van der Waals surface area contributed by atoms with Crippen LogP contribution in [-0.2, 0) is 11.2 Å². The fraction of sp³-hybridized carbons (Fsp3) is 0.188. The minimum atomic E-state index is -0.106. The van der Waals surface area contributed by atoms with E-state index in [4.69, 9.17) is 34.8 Å². The first-order valence-corrected chi connectivity index (χ1v) is 7.88. The first-order valence-electron chi connectivity index (χ1n) is 6.75. The van der Waals surface area contributed by atoms with E-state index in [1.54, 1.807) is 18.2 Å². The van der Waals surface area contributed by atoms with Gasteiger partial charge in [-0.15, -0.1) is 0 Å². The Kier molecular flexibility index (Phi) is 6.37. The van der Waals surface area contributed by atoms with E-state index in [0.29, 0.717) is 28.0 Å². The summed E-state index contributed by atoms with van der Waals surface area (Å²) in [6.07, 6.45) is 0.647. The van der Waals surface area contributed by atoms with E-state index >= 15 is 0 Å². The third-order valence-corrected chi connectivity index (χ3v) is 3.96. The second-order valence-corrected chi connectivity index (χ2v) is 5.92. The molecule has 0 fully saturated rings. The molecule has 0 heterocycles. The molecule has 22 heavy (non-hydrogen) atoms. The van der Waals surface area contributed by atoms with Crippen LogP contribution in [0.15, 0.2) is 42.5 Å². The summed E-state index contributed by atoms with van der Waals surface area (Å²) in [5.41, 5.74) is 1.69. The number of hydrogen-bond acceptors (Lipinski definition) is 2. The van der Waals surface area contributed by atoms with Gasteiger partial charge in [0, 0.05) is 16.6 Å². The molecule has 0 spiro atoms. The van der Waals surface area contributed by atoms with Gasteiger partial charge in [-0.05, 0) is 36.2 Å². The van der Waals surface area contributed by atoms with Crippen molar-refractivity contribution in [1.82, 2.24) is 5.32 Å². The third kappa shape index (κ3) is 5.09. The minimum Gasteiger partial charge on any atom is -0.375 e. The number of para-hydroxylation sites is 1. The highest BCUT2D eigenvalue weighted by atomic mass is 35.5. The van der Waals surface area contributed by atoms with Crippen LogP contribution in [0.4, 0.5) is 5.69 Å². The van der Waals surface area contributed by atoms with Crippen LogP contribution in [0.25, 0.3) is 0 Å². The second-order valence-electron chi connectivity index (χ2n) is 4.67. The van der Waals surface area contributed by atoms with Gasteiger partial charge in [-0.2, -0.15) is 0 Å². The van der Waals surface area contributed by atoms with Gasteiger partial charge < -0.3 is 10.6 Å². The Labute approximate surface area is 144 Å². The summed E-state index contributed by atoms with van der Waals surface area (Å²) in [5.74, 6) is -0.106. The quantitative estimate of drug-likeness (QED) is 0.803. The number of benzene rings is 2. The molecule has 0 aromatic heterocycles. The van der Waals surface area contributed by atoms with Gasteiger partial charge in [-0.1, -0.05) is 53.0 Å². The summed E-state index contributed by atoms with van der Waals surface area (Å²) in [4.78, 5) is 11.8. The molecule has 0 radical (unpaired) electrons. The van der Waals surface area contributed by atoms with Crippen LogP contribution in [0.1, 0.15) is 5.56 Å². The summed E-state index contributed by atoms with van der Waals surface area (Å²) in [5, 5.41) is 7.61. The number of halogens is 3. The maximum Gasteiger partial charge on any atom is 0.239 e. The summed E-state index contributed by atoms with van der Waals surface area (Å²) < 4.78 is 0. The molecular weight excluding hydrogens is 343 g/mol. The van der Waals surface area contributed by atoms with Crippen LogP contribution in [0.3, 0.4) is 0 Å². The predicted octanol–water partition coefficient (Wildman–Crippen LogP) is 4.42. The fourth-order valence-corrected chi connectivity index (χ4v) is 2.61. The Hall–Kier alpha value is -1.42. The molecule has 0 aliphatic heterocycles. The van der Waals surface area contributed by atoms with Crippen molar-refractivity contribution < 1.29 is 4.79 Å². The molecule has 0 bridgehead atoms. The maximum absolute atomic E-state index is 11.8. The number of amides is 1. The van der Waals surface area contributed by atoms with Gasteiger partial charge in [0.25, 0.3) is 0 Å². The van der Waals surface area contributed by atoms with E-state index < -0.39 is 0 Å². The molecule has 0 atom stereocenters. The van der Waals surface area contributed by atoms with Gasteiger partial charge in [-0.25, -0.2) is 0 Å². The van der Waals surface area contributed by atoms with Crippen LogP contribution in [0.5, 0.6) is 0 Å². The highest BCUT2D eigenvalue weighted by Crippen LogP contribution is 2.21. The number of carbonyl (C=O) groups excluding carboxylic acids is 1. The molecule has 2 aromatic carbocycles. The SMILES string of the molecule is O=C(CNc1ccccc1Cl)NCCc1ccc(Cl)cc1Cl. The molecule has 116 valence electrons. The highest BCUT2D eigenvalue weighted by Gasteiger charge is 2.05. The van der Waals surface area contributed by atoms with E-state index in [1.165, 1.54) is 0 Å². The summed E-state index contributed by atoms with van der Waals surface area (Å²) >= 11 is 17.9. The molecule has 2 N–H and O–H groups in total. The van der Waals surface area contributed by atoms with Crippen molar-refractivity contribution in [3.05, 3.63) is 63.1 Å². The molecule has 1 amide bonds. The molecule has 2 rings (SSSR count). The normalized spacial score (nSPS) is 10.3. The van der Waals surface area contributed by atoms with Crippen molar-refractivity contribution in [1.29, 1.82) is 0 Å². The van der Waals surface area contributed by atoms with Crippen molar-refractivity contribution in [3.8, 4) is 0 Å². The van der Waals surface area contributed by atoms with Crippen LogP contribution in [0.2, 0.25) is 15.1 Å². The van der Waals surface area contributed by atoms with E-state index in [-0.39, 0.29) is 12.5 Å².